The third-order valence-electron chi connectivity index (χ3n) is 4.88. The summed E-state index contributed by atoms with van der Waals surface area (Å²) in [7, 11) is 1.35. The van der Waals surface area contributed by atoms with Gasteiger partial charge in [-0.15, -0.1) is 0 Å². The molecule has 26 heavy (non-hydrogen) atoms. The number of esters is 1. The summed E-state index contributed by atoms with van der Waals surface area (Å²) in [6.07, 6.45) is 0.792. The fraction of sp³-hybridized carbons (Fsp3) is 0.722. The molecule has 1 aliphatic rings. The van der Waals surface area contributed by atoms with E-state index in [9.17, 15) is 9.59 Å². The van der Waals surface area contributed by atoms with Gasteiger partial charge in [0.1, 0.15) is 11.8 Å². The van der Waals surface area contributed by atoms with Crippen molar-refractivity contribution in [2.24, 2.45) is 5.92 Å². The number of hydrogen-bond donors (Lipinski definition) is 1. The summed E-state index contributed by atoms with van der Waals surface area (Å²) in [5, 5.41) is 6.85. The van der Waals surface area contributed by atoms with Gasteiger partial charge < -0.3 is 14.6 Å². The van der Waals surface area contributed by atoms with Crippen molar-refractivity contribution in [1.29, 1.82) is 0 Å². The lowest BCUT2D eigenvalue weighted by atomic mass is 9.99. The van der Waals surface area contributed by atoms with E-state index in [1.165, 1.54) is 7.11 Å². The Hall–Kier alpha value is -1.93. The molecule has 1 aromatic rings. The Labute approximate surface area is 154 Å². The molecule has 1 fully saturated rings. The average Bonchev–Trinajstić information content (AvgIpc) is 3.04. The summed E-state index contributed by atoms with van der Waals surface area (Å²) in [6, 6.07) is 1.36. The Morgan fingerprint density at radius 2 is 1.96 bits per heavy atom. The summed E-state index contributed by atoms with van der Waals surface area (Å²) in [6.45, 7) is 10.2. The number of aromatic nitrogens is 1. The average molecular weight is 366 g/mol. The van der Waals surface area contributed by atoms with Crippen molar-refractivity contribution in [3.05, 3.63) is 17.5 Å². The van der Waals surface area contributed by atoms with Gasteiger partial charge in [0.05, 0.1) is 19.3 Å². The van der Waals surface area contributed by atoms with Crippen molar-refractivity contribution in [3.63, 3.8) is 0 Å². The van der Waals surface area contributed by atoms with Crippen LogP contribution in [0.25, 0.3) is 0 Å². The van der Waals surface area contributed by atoms with Crippen molar-refractivity contribution < 1.29 is 18.8 Å². The number of nitrogens with zero attached hydrogens (tertiary/aromatic N) is 3. The van der Waals surface area contributed by atoms with Crippen LogP contribution < -0.4 is 5.32 Å². The first kappa shape index (κ1) is 20.4. The third-order valence-corrected chi connectivity index (χ3v) is 4.88. The highest BCUT2D eigenvalue weighted by Crippen LogP contribution is 2.11. The standard InChI is InChI=1S/C18H30N4O4/c1-5-13(2)17(18(24)25-4)19-16(23)12-22-8-6-21(7-9-22)11-15-10-14(3)26-20-15/h10,13,17H,5-9,11-12H2,1-4H3,(H,19,23). The first-order valence-electron chi connectivity index (χ1n) is 9.17. The van der Waals surface area contributed by atoms with Crippen LogP contribution in [0.1, 0.15) is 31.7 Å². The molecule has 2 rings (SSSR count). The normalized spacial score (nSPS) is 18.3. The highest BCUT2D eigenvalue weighted by molar-refractivity contribution is 5.85. The lowest BCUT2D eigenvalue weighted by molar-refractivity contribution is -0.146. The van der Waals surface area contributed by atoms with Crippen molar-refractivity contribution in [3.8, 4) is 0 Å². The van der Waals surface area contributed by atoms with E-state index in [1.54, 1.807) is 0 Å². The monoisotopic (exact) mass is 366 g/mol. The number of nitrogens with one attached hydrogen (secondary N) is 1. The van der Waals surface area contributed by atoms with Gasteiger partial charge in [0.15, 0.2) is 0 Å². The van der Waals surface area contributed by atoms with Crippen LogP contribution in [0.2, 0.25) is 0 Å². The number of carbonyl (C=O) groups excluding carboxylic acids is 2. The second-order valence-corrected chi connectivity index (χ2v) is 6.94. The molecule has 0 bridgehead atoms. The van der Waals surface area contributed by atoms with Crippen LogP contribution in [0.3, 0.4) is 0 Å². The first-order valence-corrected chi connectivity index (χ1v) is 9.17. The molecule has 0 aliphatic carbocycles. The number of piperazine rings is 1. The van der Waals surface area contributed by atoms with Gasteiger partial charge in [0, 0.05) is 38.8 Å². The van der Waals surface area contributed by atoms with E-state index >= 15 is 0 Å². The maximum atomic E-state index is 12.3. The molecule has 1 N–H and O–H groups in total. The Balaban J connectivity index is 1.77. The highest BCUT2D eigenvalue weighted by Gasteiger charge is 2.28. The summed E-state index contributed by atoms with van der Waals surface area (Å²) < 4.78 is 9.91. The summed E-state index contributed by atoms with van der Waals surface area (Å²) >= 11 is 0. The molecule has 8 nitrogen and oxygen atoms in total. The highest BCUT2D eigenvalue weighted by atomic mass is 16.5. The lowest BCUT2D eigenvalue weighted by Crippen LogP contribution is -2.52. The van der Waals surface area contributed by atoms with Gasteiger partial charge in [-0.3, -0.25) is 14.6 Å². The zero-order valence-electron chi connectivity index (χ0n) is 16.2. The van der Waals surface area contributed by atoms with Gasteiger partial charge in [0.25, 0.3) is 0 Å². The van der Waals surface area contributed by atoms with E-state index in [4.69, 9.17) is 9.26 Å². The van der Waals surface area contributed by atoms with Crippen molar-refractivity contribution in [2.75, 3.05) is 39.8 Å². The van der Waals surface area contributed by atoms with Crippen LogP contribution >= 0.6 is 0 Å². The molecule has 146 valence electrons. The van der Waals surface area contributed by atoms with Crippen molar-refractivity contribution in [1.82, 2.24) is 20.3 Å². The Bertz CT molecular complexity index is 596. The molecular weight excluding hydrogens is 336 g/mol. The van der Waals surface area contributed by atoms with Crippen LogP contribution in [0, 0.1) is 12.8 Å². The number of ether oxygens (including phenoxy) is 1. The first-order chi connectivity index (χ1) is 12.4. The molecule has 2 unspecified atom stereocenters. The predicted octanol–water partition coefficient (Wildman–Crippen LogP) is 0.805. The van der Waals surface area contributed by atoms with Gasteiger partial charge in [0.2, 0.25) is 5.91 Å². The third kappa shape index (κ3) is 5.81. The van der Waals surface area contributed by atoms with Crippen molar-refractivity contribution in [2.45, 2.75) is 39.8 Å². The molecule has 2 atom stereocenters. The number of carbonyl (C=O) groups is 2. The van der Waals surface area contributed by atoms with E-state index in [0.717, 1.165) is 50.6 Å². The number of methoxy groups -OCH3 is 1. The van der Waals surface area contributed by atoms with Gasteiger partial charge >= 0.3 is 5.97 Å². The molecule has 0 saturated carbocycles. The maximum absolute atomic E-state index is 12.3. The van der Waals surface area contributed by atoms with Crippen LogP contribution in [-0.4, -0.2) is 72.7 Å². The van der Waals surface area contributed by atoms with E-state index in [0.29, 0.717) is 6.54 Å². The van der Waals surface area contributed by atoms with Crippen LogP contribution in [0.5, 0.6) is 0 Å². The predicted molar refractivity (Wildman–Crippen MR) is 96.4 cm³/mol. The zero-order valence-corrected chi connectivity index (χ0v) is 16.2. The summed E-state index contributed by atoms with van der Waals surface area (Å²) in [4.78, 5) is 28.6. The molecule has 1 amide bonds. The molecule has 1 aliphatic heterocycles. The molecule has 0 radical (unpaired) electrons. The molecule has 1 saturated heterocycles. The number of hydrogen-bond acceptors (Lipinski definition) is 7. The van der Waals surface area contributed by atoms with E-state index < -0.39 is 6.04 Å². The number of aryl methyl sites for hydroxylation is 1. The van der Waals surface area contributed by atoms with Crippen LogP contribution in [-0.2, 0) is 20.9 Å². The van der Waals surface area contributed by atoms with E-state index in [2.05, 4.69) is 20.3 Å². The molecule has 8 heteroatoms. The zero-order chi connectivity index (χ0) is 19.1. The summed E-state index contributed by atoms with van der Waals surface area (Å²) in [5.74, 6) is 0.327. The number of rotatable bonds is 8. The Morgan fingerprint density at radius 3 is 2.50 bits per heavy atom. The largest absolute Gasteiger partial charge is 0.467 e. The SMILES string of the molecule is CCC(C)C(NC(=O)CN1CCN(Cc2cc(C)on2)CC1)C(=O)OC. The minimum absolute atomic E-state index is 0.0363. The minimum Gasteiger partial charge on any atom is -0.467 e. The molecule has 0 aromatic carbocycles. The topological polar surface area (TPSA) is 87.9 Å². The fourth-order valence-corrected chi connectivity index (χ4v) is 3.05. The Morgan fingerprint density at radius 1 is 1.31 bits per heavy atom. The smallest absolute Gasteiger partial charge is 0.328 e. The van der Waals surface area contributed by atoms with Crippen LogP contribution in [0.4, 0.5) is 0 Å². The van der Waals surface area contributed by atoms with Gasteiger partial charge in [-0.25, -0.2) is 4.79 Å². The lowest BCUT2D eigenvalue weighted by Gasteiger charge is -2.34. The van der Waals surface area contributed by atoms with Gasteiger partial charge in [-0.2, -0.15) is 0 Å². The summed E-state index contributed by atoms with van der Waals surface area (Å²) in [5.41, 5.74) is 0.933. The second-order valence-electron chi connectivity index (χ2n) is 6.94. The molecular formula is C18H30N4O4. The van der Waals surface area contributed by atoms with Crippen LogP contribution in [0.15, 0.2) is 10.6 Å². The second kappa shape index (κ2) is 9.68. The van der Waals surface area contributed by atoms with Gasteiger partial charge in [-0.1, -0.05) is 25.4 Å². The molecule has 1 aromatic heterocycles. The Kier molecular flexibility index (Phi) is 7.59. The van der Waals surface area contributed by atoms with E-state index in [-0.39, 0.29) is 17.8 Å². The molecule has 2 heterocycles. The van der Waals surface area contributed by atoms with E-state index in [1.807, 2.05) is 26.8 Å². The quantitative estimate of drug-likeness (QED) is 0.681. The maximum Gasteiger partial charge on any atom is 0.328 e. The van der Waals surface area contributed by atoms with Crippen molar-refractivity contribution >= 4 is 11.9 Å². The fourth-order valence-electron chi connectivity index (χ4n) is 3.05. The molecule has 0 spiro atoms. The van der Waals surface area contributed by atoms with Gasteiger partial charge in [-0.05, 0) is 12.8 Å². The number of amides is 1. The minimum atomic E-state index is -0.589.